The molecule has 0 unspecified atom stereocenters. The third-order valence-electron chi connectivity index (χ3n) is 3.91. The molecule has 2 heterocycles. The second-order valence-electron chi connectivity index (χ2n) is 5.88. The first kappa shape index (κ1) is 19.8. The van der Waals surface area contributed by atoms with Crippen LogP contribution >= 0.6 is 69.7 Å². The molecule has 1 amide bonds. The molecule has 0 fully saturated rings. The van der Waals surface area contributed by atoms with Crippen LogP contribution in [0.3, 0.4) is 0 Å². The number of aromatic nitrogens is 1. The Kier molecular flexibility index (Phi) is 5.48. The first-order chi connectivity index (χ1) is 13.3. The van der Waals surface area contributed by atoms with Gasteiger partial charge in [-0.1, -0.05) is 52.2 Å². The quantitative estimate of drug-likeness (QED) is 0.302. The topological polar surface area (TPSA) is 54.0 Å². The Balaban J connectivity index is 1.52. The summed E-state index contributed by atoms with van der Waals surface area (Å²) in [7, 11) is 0. The van der Waals surface area contributed by atoms with Crippen LogP contribution in [0.25, 0.3) is 20.3 Å². The van der Waals surface area contributed by atoms with Gasteiger partial charge in [0.1, 0.15) is 4.88 Å². The van der Waals surface area contributed by atoms with E-state index >= 15 is 0 Å². The van der Waals surface area contributed by atoms with E-state index < -0.39 is 0 Å². The summed E-state index contributed by atoms with van der Waals surface area (Å²) in [5.41, 5.74) is 1.74. The van der Waals surface area contributed by atoms with Crippen LogP contribution in [0.4, 0.5) is 5.13 Å². The molecule has 0 saturated heterocycles. The maximum absolute atomic E-state index is 12.6. The highest BCUT2D eigenvalue weighted by atomic mass is 35.5. The van der Waals surface area contributed by atoms with Gasteiger partial charge in [-0.3, -0.25) is 10.1 Å². The summed E-state index contributed by atoms with van der Waals surface area (Å²) >= 11 is 26.4. The van der Waals surface area contributed by atoms with Crippen LogP contribution in [-0.4, -0.2) is 16.0 Å². The summed E-state index contributed by atoms with van der Waals surface area (Å²) < 4.78 is 1.81. The maximum atomic E-state index is 12.6. The molecule has 0 spiro atoms. The molecule has 0 aliphatic carbocycles. The van der Waals surface area contributed by atoms with Crippen LogP contribution < -0.4 is 10.6 Å². The monoisotopic (exact) mass is 485 g/mol. The van der Waals surface area contributed by atoms with E-state index in [1.54, 1.807) is 24.3 Å². The molecule has 142 valence electrons. The van der Waals surface area contributed by atoms with E-state index in [-0.39, 0.29) is 11.0 Å². The van der Waals surface area contributed by atoms with E-state index in [0.717, 1.165) is 25.9 Å². The molecule has 4 rings (SSSR count). The number of carbonyl (C=O) groups excluding carboxylic acids is 1. The largest absolute Gasteiger partial charge is 0.308 e. The van der Waals surface area contributed by atoms with Crippen molar-refractivity contribution in [2.24, 2.45) is 0 Å². The average molecular weight is 487 g/mol. The fourth-order valence-corrected chi connectivity index (χ4v) is 5.63. The van der Waals surface area contributed by atoms with Crippen molar-refractivity contribution in [2.75, 3.05) is 5.32 Å². The molecule has 4 aromatic rings. The molecule has 10 heteroatoms. The molecule has 0 radical (unpaired) electrons. The molecule has 28 heavy (non-hydrogen) atoms. The fourth-order valence-electron chi connectivity index (χ4n) is 2.58. The summed E-state index contributed by atoms with van der Waals surface area (Å²) in [5, 5.41) is 8.67. The minimum Gasteiger partial charge on any atom is -0.308 e. The highest BCUT2D eigenvalue weighted by Gasteiger charge is 2.19. The first-order valence-electron chi connectivity index (χ1n) is 7.88. The number of carbonyl (C=O) groups is 1. The molecule has 0 aliphatic rings. The van der Waals surface area contributed by atoms with Crippen LogP contribution in [0.1, 0.15) is 15.2 Å². The third-order valence-corrected chi connectivity index (χ3v) is 7.35. The van der Waals surface area contributed by atoms with Crippen LogP contribution in [0.15, 0.2) is 30.3 Å². The number of anilines is 1. The maximum Gasteiger partial charge on any atom is 0.269 e. The molecule has 4 nitrogen and oxygen atoms in total. The molecule has 2 aromatic heterocycles. The van der Waals surface area contributed by atoms with Gasteiger partial charge in [0.15, 0.2) is 10.2 Å². The number of thiocarbonyl (C=S) groups is 1. The van der Waals surface area contributed by atoms with Gasteiger partial charge in [-0.25, -0.2) is 4.98 Å². The van der Waals surface area contributed by atoms with E-state index in [9.17, 15) is 4.79 Å². The van der Waals surface area contributed by atoms with Gasteiger partial charge in [0.2, 0.25) is 0 Å². The Morgan fingerprint density at radius 3 is 2.68 bits per heavy atom. The lowest BCUT2D eigenvalue weighted by atomic mass is 10.2. The van der Waals surface area contributed by atoms with Crippen LogP contribution in [0.5, 0.6) is 0 Å². The number of aryl methyl sites for hydroxylation is 1. The lowest BCUT2D eigenvalue weighted by molar-refractivity contribution is 0.0982. The van der Waals surface area contributed by atoms with Gasteiger partial charge in [-0.15, -0.1) is 11.3 Å². The number of hydrogen-bond acceptors (Lipinski definition) is 5. The Bertz CT molecular complexity index is 1230. The van der Waals surface area contributed by atoms with Gasteiger partial charge in [-0.2, -0.15) is 0 Å². The van der Waals surface area contributed by atoms with Crippen LogP contribution in [-0.2, 0) is 0 Å². The van der Waals surface area contributed by atoms with Crippen molar-refractivity contribution < 1.29 is 4.79 Å². The van der Waals surface area contributed by atoms with Gasteiger partial charge in [-0.05, 0) is 49.0 Å². The molecule has 0 bridgehead atoms. The minimum atomic E-state index is -0.389. The number of rotatable bonds is 2. The summed E-state index contributed by atoms with van der Waals surface area (Å²) in [4.78, 5) is 17.4. The lowest BCUT2D eigenvalue weighted by Crippen LogP contribution is -2.33. The number of nitrogens with one attached hydrogen (secondary N) is 2. The van der Waals surface area contributed by atoms with Gasteiger partial charge in [0.25, 0.3) is 5.91 Å². The van der Waals surface area contributed by atoms with Crippen molar-refractivity contribution in [3.8, 4) is 0 Å². The van der Waals surface area contributed by atoms with Gasteiger partial charge in [0.05, 0.1) is 15.2 Å². The summed E-state index contributed by atoms with van der Waals surface area (Å²) in [5.74, 6) is -0.389. The highest BCUT2D eigenvalue weighted by Crippen LogP contribution is 2.36. The van der Waals surface area contributed by atoms with Crippen LogP contribution in [0.2, 0.25) is 15.1 Å². The van der Waals surface area contributed by atoms with E-state index in [4.69, 9.17) is 47.0 Å². The number of nitrogens with zero attached hydrogens (tertiary/aromatic N) is 1. The van der Waals surface area contributed by atoms with Gasteiger partial charge < -0.3 is 5.32 Å². The molecular weight excluding hydrogens is 477 g/mol. The van der Waals surface area contributed by atoms with E-state index in [1.807, 2.05) is 13.0 Å². The SMILES string of the molecule is Cc1cc2sc(NC(=S)NC(=O)c3sc4cc(Cl)ccc4c3Cl)nc2cc1Cl. The zero-order valence-electron chi connectivity index (χ0n) is 14.1. The van der Waals surface area contributed by atoms with E-state index in [0.29, 0.717) is 25.1 Å². The number of fused-ring (bicyclic) bond motifs is 2. The van der Waals surface area contributed by atoms with Gasteiger partial charge in [0, 0.05) is 20.1 Å². The number of hydrogen-bond donors (Lipinski definition) is 2. The first-order valence-corrected chi connectivity index (χ1v) is 11.1. The second-order valence-corrected chi connectivity index (χ2v) is 9.59. The second kappa shape index (κ2) is 7.74. The Labute approximate surface area is 188 Å². The predicted octanol–water partition coefficient (Wildman–Crippen LogP) is 6.91. The van der Waals surface area contributed by atoms with Gasteiger partial charge >= 0.3 is 0 Å². The standard InChI is InChI=1S/C18H10Cl3N3OS3/c1-7-4-13-11(6-10(7)20)22-18(28-13)24-17(26)23-16(25)15-14(21)9-3-2-8(19)5-12(9)27-15/h2-6H,1H3,(H2,22,23,24,25,26). The number of benzene rings is 2. The average Bonchev–Trinajstić information content (AvgIpc) is 3.15. The number of amides is 1. The molecule has 0 saturated carbocycles. The van der Waals surface area contributed by atoms with Crippen LogP contribution in [0, 0.1) is 6.92 Å². The van der Waals surface area contributed by atoms with Crippen molar-refractivity contribution in [3.63, 3.8) is 0 Å². The molecule has 2 N–H and O–H groups in total. The third kappa shape index (κ3) is 3.83. The Morgan fingerprint density at radius 2 is 1.89 bits per heavy atom. The predicted molar refractivity (Wildman–Crippen MR) is 125 cm³/mol. The van der Waals surface area contributed by atoms with E-state index in [1.165, 1.54) is 22.7 Å². The molecule has 0 atom stereocenters. The van der Waals surface area contributed by atoms with E-state index in [2.05, 4.69) is 15.6 Å². The normalized spacial score (nSPS) is 11.1. The Hall–Kier alpha value is -1.48. The highest BCUT2D eigenvalue weighted by molar-refractivity contribution is 7.80. The van der Waals surface area contributed by atoms with Crippen molar-refractivity contribution >= 4 is 106 Å². The zero-order chi connectivity index (χ0) is 20.0. The zero-order valence-corrected chi connectivity index (χ0v) is 18.8. The Morgan fingerprint density at radius 1 is 1.11 bits per heavy atom. The fraction of sp³-hybridized carbons (Fsp3) is 0.0556. The minimum absolute atomic E-state index is 0.137. The van der Waals surface area contributed by atoms with Crippen molar-refractivity contribution in [1.29, 1.82) is 0 Å². The van der Waals surface area contributed by atoms with Crippen molar-refractivity contribution in [1.82, 2.24) is 10.3 Å². The molecule has 0 aliphatic heterocycles. The summed E-state index contributed by atoms with van der Waals surface area (Å²) in [6.45, 7) is 1.93. The summed E-state index contributed by atoms with van der Waals surface area (Å²) in [6.07, 6.45) is 0. The number of thiophene rings is 1. The lowest BCUT2D eigenvalue weighted by Gasteiger charge is -2.06. The van der Waals surface area contributed by atoms with Crippen molar-refractivity contribution in [3.05, 3.63) is 55.8 Å². The summed E-state index contributed by atoms with van der Waals surface area (Å²) in [6, 6.07) is 9.06. The number of halogens is 3. The van der Waals surface area contributed by atoms with Crippen molar-refractivity contribution in [2.45, 2.75) is 6.92 Å². The molecular formula is C18H10Cl3N3OS3. The smallest absolute Gasteiger partial charge is 0.269 e. The molecule has 2 aromatic carbocycles. The number of thiazole rings is 1.